The van der Waals surface area contributed by atoms with Crippen molar-refractivity contribution >= 4 is 5.82 Å². The van der Waals surface area contributed by atoms with E-state index >= 15 is 0 Å². The number of rotatable bonds is 3. The van der Waals surface area contributed by atoms with Gasteiger partial charge in [0.1, 0.15) is 5.82 Å². The minimum Gasteiger partial charge on any atom is -0.354 e. The van der Waals surface area contributed by atoms with E-state index in [-0.39, 0.29) is 0 Å². The molecule has 0 saturated carbocycles. The van der Waals surface area contributed by atoms with Crippen molar-refractivity contribution in [3.8, 4) is 0 Å². The van der Waals surface area contributed by atoms with Crippen molar-refractivity contribution in [1.29, 1.82) is 0 Å². The first kappa shape index (κ1) is 12.4. The van der Waals surface area contributed by atoms with Crippen molar-refractivity contribution in [2.24, 2.45) is 11.7 Å². The molecule has 94 valence electrons. The van der Waals surface area contributed by atoms with E-state index in [1.807, 2.05) is 6.20 Å². The first-order chi connectivity index (χ1) is 8.22. The molecule has 3 nitrogen and oxygen atoms in total. The summed E-state index contributed by atoms with van der Waals surface area (Å²) in [4.78, 5) is 7.01. The molecule has 2 unspecified atom stereocenters. The van der Waals surface area contributed by atoms with Crippen LogP contribution in [0.5, 0.6) is 0 Å². The summed E-state index contributed by atoms with van der Waals surface area (Å²) in [6.07, 6.45) is 5.49. The molecule has 2 rings (SSSR count). The van der Waals surface area contributed by atoms with Crippen LogP contribution in [0.15, 0.2) is 18.3 Å². The Kier molecular flexibility index (Phi) is 4.00. The predicted molar refractivity (Wildman–Crippen MR) is 72.2 cm³/mol. The maximum absolute atomic E-state index is 5.54. The lowest BCUT2D eigenvalue weighted by molar-refractivity contribution is 0.361. The third kappa shape index (κ3) is 2.78. The summed E-state index contributed by atoms with van der Waals surface area (Å²) in [5.41, 5.74) is 6.77. The Balaban J connectivity index is 2.10. The summed E-state index contributed by atoms with van der Waals surface area (Å²) >= 11 is 0. The monoisotopic (exact) mass is 233 g/mol. The molecule has 1 aliphatic heterocycles. The number of aromatic nitrogens is 1. The van der Waals surface area contributed by atoms with Gasteiger partial charge in [-0.05, 0) is 50.3 Å². The van der Waals surface area contributed by atoms with Gasteiger partial charge in [0, 0.05) is 18.8 Å². The summed E-state index contributed by atoms with van der Waals surface area (Å²) in [6, 6.07) is 4.89. The highest BCUT2D eigenvalue weighted by molar-refractivity contribution is 5.41. The lowest BCUT2D eigenvalue weighted by Crippen LogP contribution is -2.42. The zero-order valence-electron chi connectivity index (χ0n) is 10.9. The second kappa shape index (κ2) is 5.50. The largest absolute Gasteiger partial charge is 0.354 e. The molecule has 2 atom stereocenters. The fourth-order valence-electron chi connectivity index (χ4n) is 2.56. The second-order valence-corrected chi connectivity index (χ2v) is 5.12. The average molecular weight is 233 g/mol. The summed E-state index contributed by atoms with van der Waals surface area (Å²) < 4.78 is 0. The van der Waals surface area contributed by atoms with Crippen LogP contribution in [0.4, 0.5) is 5.82 Å². The molecular weight excluding hydrogens is 210 g/mol. The van der Waals surface area contributed by atoms with Gasteiger partial charge in [-0.2, -0.15) is 0 Å². The van der Waals surface area contributed by atoms with Crippen LogP contribution in [0.1, 0.15) is 32.3 Å². The molecule has 2 N–H and O–H groups in total. The van der Waals surface area contributed by atoms with Gasteiger partial charge in [0.05, 0.1) is 0 Å². The van der Waals surface area contributed by atoms with E-state index in [9.17, 15) is 0 Å². The number of hydrogen-bond acceptors (Lipinski definition) is 3. The second-order valence-electron chi connectivity index (χ2n) is 5.12. The number of hydrogen-bond donors (Lipinski definition) is 1. The predicted octanol–water partition coefficient (Wildman–Crippen LogP) is 2.21. The molecule has 0 bridgehead atoms. The van der Waals surface area contributed by atoms with E-state index in [0.717, 1.165) is 24.7 Å². The van der Waals surface area contributed by atoms with Crippen molar-refractivity contribution in [2.45, 2.75) is 39.2 Å². The van der Waals surface area contributed by atoms with Crippen LogP contribution in [-0.4, -0.2) is 24.1 Å². The lowest BCUT2D eigenvalue weighted by atomic mass is 9.92. The number of piperidine rings is 1. The molecule has 0 aromatic carbocycles. The van der Waals surface area contributed by atoms with E-state index in [1.165, 1.54) is 18.4 Å². The maximum atomic E-state index is 5.54. The third-order valence-electron chi connectivity index (χ3n) is 3.91. The van der Waals surface area contributed by atoms with Gasteiger partial charge >= 0.3 is 0 Å². The van der Waals surface area contributed by atoms with Crippen LogP contribution in [0.3, 0.4) is 0 Å². The molecule has 1 fully saturated rings. The summed E-state index contributed by atoms with van der Waals surface area (Å²) in [5, 5.41) is 0. The maximum Gasteiger partial charge on any atom is 0.128 e. The summed E-state index contributed by atoms with van der Waals surface area (Å²) in [7, 11) is 0. The van der Waals surface area contributed by atoms with Gasteiger partial charge in [-0.25, -0.2) is 4.98 Å². The third-order valence-corrected chi connectivity index (χ3v) is 3.91. The molecule has 2 heterocycles. The topological polar surface area (TPSA) is 42.1 Å². The molecule has 1 aromatic heterocycles. The first-order valence-electron chi connectivity index (χ1n) is 6.64. The van der Waals surface area contributed by atoms with E-state index in [0.29, 0.717) is 12.6 Å². The van der Waals surface area contributed by atoms with Gasteiger partial charge in [0.25, 0.3) is 0 Å². The minimum absolute atomic E-state index is 0.594. The van der Waals surface area contributed by atoms with Crippen LogP contribution < -0.4 is 10.6 Å². The van der Waals surface area contributed by atoms with Gasteiger partial charge < -0.3 is 10.6 Å². The number of pyridine rings is 1. The average Bonchev–Trinajstić information content (AvgIpc) is 2.34. The normalized spacial score (nSPS) is 25.0. The molecule has 1 aliphatic rings. The highest BCUT2D eigenvalue weighted by Gasteiger charge is 2.25. The molecular formula is C14H23N3. The molecule has 1 saturated heterocycles. The van der Waals surface area contributed by atoms with Gasteiger partial charge in [-0.3, -0.25) is 0 Å². The quantitative estimate of drug-likeness (QED) is 0.870. The SMILES string of the molecule is CC1CCCN(c2ccc(CCN)cn2)C1C. The lowest BCUT2D eigenvalue weighted by Gasteiger charge is -2.38. The van der Waals surface area contributed by atoms with E-state index in [2.05, 4.69) is 35.9 Å². The van der Waals surface area contributed by atoms with Crippen molar-refractivity contribution in [3.63, 3.8) is 0 Å². The molecule has 17 heavy (non-hydrogen) atoms. The summed E-state index contributed by atoms with van der Waals surface area (Å²) in [6.45, 7) is 6.46. The van der Waals surface area contributed by atoms with Gasteiger partial charge in [0.15, 0.2) is 0 Å². The zero-order chi connectivity index (χ0) is 12.3. The smallest absolute Gasteiger partial charge is 0.128 e. The van der Waals surface area contributed by atoms with Crippen molar-refractivity contribution in [2.75, 3.05) is 18.0 Å². The number of anilines is 1. The Bertz CT molecular complexity index is 347. The van der Waals surface area contributed by atoms with Gasteiger partial charge in [-0.15, -0.1) is 0 Å². The Hall–Kier alpha value is -1.09. The Morgan fingerprint density at radius 1 is 1.41 bits per heavy atom. The highest BCUT2D eigenvalue weighted by Crippen LogP contribution is 2.26. The van der Waals surface area contributed by atoms with Crippen LogP contribution >= 0.6 is 0 Å². The molecule has 0 aliphatic carbocycles. The number of nitrogens with zero attached hydrogens (tertiary/aromatic N) is 2. The van der Waals surface area contributed by atoms with Gasteiger partial charge in [-0.1, -0.05) is 13.0 Å². The van der Waals surface area contributed by atoms with E-state index in [1.54, 1.807) is 0 Å². The fourth-order valence-corrected chi connectivity index (χ4v) is 2.56. The standard InChI is InChI=1S/C14H23N3/c1-11-4-3-9-17(12(11)2)14-6-5-13(7-8-15)10-16-14/h5-6,10-12H,3-4,7-9,15H2,1-2H3. The van der Waals surface area contributed by atoms with Crippen LogP contribution in [0.2, 0.25) is 0 Å². The Labute approximate surface area is 104 Å². The first-order valence-corrected chi connectivity index (χ1v) is 6.64. The van der Waals surface area contributed by atoms with E-state index in [4.69, 9.17) is 5.73 Å². The van der Waals surface area contributed by atoms with E-state index < -0.39 is 0 Å². The number of nitrogens with two attached hydrogens (primary N) is 1. The zero-order valence-corrected chi connectivity index (χ0v) is 10.9. The molecule has 3 heteroatoms. The molecule has 1 aromatic rings. The van der Waals surface area contributed by atoms with Crippen molar-refractivity contribution in [3.05, 3.63) is 23.9 Å². The van der Waals surface area contributed by atoms with Gasteiger partial charge in [0.2, 0.25) is 0 Å². The summed E-state index contributed by atoms with van der Waals surface area (Å²) in [5.74, 6) is 1.87. The Morgan fingerprint density at radius 2 is 2.24 bits per heavy atom. The van der Waals surface area contributed by atoms with Crippen molar-refractivity contribution < 1.29 is 0 Å². The highest BCUT2D eigenvalue weighted by atomic mass is 15.2. The van der Waals surface area contributed by atoms with Crippen LogP contribution in [0.25, 0.3) is 0 Å². The van der Waals surface area contributed by atoms with Crippen LogP contribution in [-0.2, 0) is 6.42 Å². The molecule has 0 amide bonds. The molecule has 0 spiro atoms. The fraction of sp³-hybridized carbons (Fsp3) is 0.643. The van der Waals surface area contributed by atoms with Crippen molar-refractivity contribution in [1.82, 2.24) is 4.98 Å². The Morgan fingerprint density at radius 3 is 2.88 bits per heavy atom. The molecule has 0 radical (unpaired) electrons. The van der Waals surface area contributed by atoms with Crippen LogP contribution in [0, 0.1) is 5.92 Å². The minimum atomic E-state index is 0.594.